The molecule has 1 aliphatic carbocycles. The van der Waals surface area contributed by atoms with Crippen molar-refractivity contribution < 1.29 is 19.4 Å². The number of fused-ring (bicyclic) bond motifs is 1. The molecule has 170 valence electrons. The number of carboxylic acid groups (broad SMARTS) is 1. The molecular weight excluding hydrogens is 392 g/mol. The molecule has 0 amide bonds. The van der Waals surface area contributed by atoms with E-state index in [0.29, 0.717) is 17.9 Å². The molecule has 1 aliphatic heterocycles. The Labute approximate surface area is 184 Å². The number of ether oxygens (including phenoxy) is 2. The lowest BCUT2D eigenvalue weighted by atomic mass is 9.74. The lowest BCUT2D eigenvalue weighted by Gasteiger charge is -2.45. The van der Waals surface area contributed by atoms with Gasteiger partial charge in [0, 0.05) is 49.0 Å². The number of nitrogens with zero attached hydrogens (tertiary/aromatic N) is 1. The standard InChI is InChI=1S/C25H36N2O4/c1-16-12-23(31-3)21(20-8-10-26-24(16)20)14-27-11-9-17(15-30-2)13-22(27)18-4-6-19(7-5-18)25(28)29/h8,10,12,17-19,22,26H,4-7,9,11,13-15H2,1-3H3,(H,28,29)/t17?,18-,19+,22?. The third kappa shape index (κ3) is 4.60. The predicted molar refractivity (Wildman–Crippen MR) is 121 cm³/mol. The number of aliphatic carboxylic acids is 1. The van der Waals surface area contributed by atoms with Gasteiger partial charge in [-0.2, -0.15) is 0 Å². The van der Waals surface area contributed by atoms with E-state index in [9.17, 15) is 9.90 Å². The molecule has 0 spiro atoms. The van der Waals surface area contributed by atoms with Crippen molar-refractivity contribution in [1.82, 2.24) is 9.88 Å². The molecule has 6 nitrogen and oxygen atoms in total. The van der Waals surface area contributed by atoms with Gasteiger partial charge in [-0.3, -0.25) is 9.69 Å². The summed E-state index contributed by atoms with van der Waals surface area (Å²) in [5.41, 5.74) is 3.63. The first kappa shape index (κ1) is 22.2. The van der Waals surface area contributed by atoms with E-state index in [1.807, 2.05) is 6.20 Å². The number of piperidine rings is 1. The summed E-state index contributed by atoms with van der Waals surface area (Å²) in [7, 11) is 3.55. The van der Waals surface area contributed by atoms with Crippen molar-refractivity contribution in [3.8, 4) is 5.75 Å². The Kier molecular flexibility index (Phi) is 6.87. The molecule has 31 heavy (non-hydrogen) atoms. The Morgan fingerprint density at radius 1 is 1.23 bits per heavy atom. The van der Waals surface area contributed by atoms with Gasteiger partial charge >= 0.3 is 5.97 Å². The number of aromatic amines is 1. The minimum atomic E-state index is -0.629. The number of aromatic nitrogens is 1. The molecular formula is C25H36N2O4. The van der Waals surface area contributed by atoms with Gasteiger partial charge in [-0.05, 0) is 81.5 Å². The van der Waals surface area contributed by atoms with Gasteiger partial charge in [0.25, 0.3) is 0 Å². The van der Waals surface area contributed by atoms with E-state index < -0.39 is 5.97 Å². The van der Waals surface area contributed by atoms with E-state index in [4.69, 9.17) is 9.47 Å². The molecule has 6 heteroatoms. The lowest BCUT2D eigenvalue weighted by Crippen LogP contribution is -2.48. The minimum absolute atomic E-state index is 0.167. The van der Waals surface area contributed by atoms with Gasteiger partial charge in [0.1, 0.15) is 5.75 Å². The van der Waals surface area contributed by atoms with Crippen LogP contribution in [0.4, 0.5) is 0 Å². The molecule has 2 aromatic rings. The number of carboxylic acids is 1. The molecule has 2 atom stereocenters. The number of aryl methyl sites for hydroxylation is 1. The van der Waals surface area contributed by atoms with E-state index in [0.717, 1.165) is 64.0 Å². The maximum Gasteiger partial charge on any atom is 0.306 e. The SMILES string of the molecule is COCC1CCN(Cc2c(OC)cc(C)c3[nH]ccc23)C([C@H]2CC[C@@H](C(=O)O)CC2)C1. The first-order chi connectivity index (χ1) is 15.0. The van der Waals surface area contributed by atoms with Crippen molar-refractivity contribution in [2.24, 2.45) is 17.8 Å². The zero-order valence-electron chi connectivity index (χ0n) is 19.0. The number of carbonyl (C=O) groups is 1. The lowest BCUT2D eigenvalue weighted by molar-refractivity contribution is -0.143. The van der Waals surface area contributed by atoms with Gasteiger partial charge in [0.15, 0.2) is 0 Å². The predicted octanol–water partition coefficient (Wildman–Crippen LogP) is 4.60. The van der Waals surface area contributed by atoms with E-state index >= 15 is 0 Å². The molecule has 0 bridgehead atoms. The Morgan fingerprint density at radius 3 is 2.68 bits per heavy atom. The van der Waals surface area contributed by atoms with Crippen molar-refractivity contribution in [2.75, 3.05) is 27.4 Å². The fourth-order valence-corrected chi connectivity index (χ4v) is 5.93. The van der Waals surface area contributed by atoms with Crippen LogP contribution in [0.3, 0.4) is 0 Å². The van der Waals surface area contributed by atoms with Gasteiger partial charge in [-0.25, -0.2) is 0 Å². The average Bonchev–Trinajstić information content (AvgIpc) is 3.27. The zero-order valence-corrected chi connectivity index (χ0v) is 19.0. The van der Waals surface area contributed by atoms with Gasteiger partial charge in [-0.1, -0.05) is 0 Å². The van der Waals surface area contributed by atoms with Crippen LogP contribution in [0.1, 0.15) is 49.7 Å². The van der Waals surface area contributed by atoms with Crippen LogP contribution < -0.4 is 4.74 Å². The van der Waals surface area contributed by atoms with Crippen molar-refractivity contribution in [1.29, 1.82) is 0 Å². The number of rotatable bonds is 7. The van der Waals surface area contributed by atoms with Crippen LogP contribution >= 0.6 is 0 Å². The third-order valence-corrected chi connectivity index (χ3v) is 7.63. The summed E-state index contributed by atoms with van der Waals surface area (Å²) in [6.07, 6.45) is 7.88. The summed E-state index contributed by atoms with van der Waals surface area (Å²) in [6.45, 7) is 4.83. The summed E-state index contributed by atoms with van der Waals surface area (Å²) in [5.74, 6) is 1.29. The number of methoxy groups -OCH3 is 2. The number of likely N-dealkylation sites (tertiary alicyclic amines) is 1. The molecule has 1 aromatic carbocycles. The van der Waals surface area contributed by atoms with E-state index in [1.54, 1.807) is 14.2 Å². The van der Waals surface area contributed by atoms with Crippen LogP contribution in [0.25, 0.3) is 10.9 Å². The molecule has 2 unspecified atom stereocenters. The van der Waals surface area contributed by atoms with E-state index in [1.165, 1.54) is 22.0 Å². The van der Waals surface area contributed by atoms with Crippen molar-refractivity contribution >= 4 is 16.9 Å². The molecule has 2 fully saturated rings. The molecule has 2 heterocycles. The van der Waals surface area contributed by atoms with Gasteiger partial charge in [0.05, 0.1) is 13.0 Å². The van der Waals surface area contributed by atoms with Crippen LogP contribution in [-0.4, -0.2) is 54.4 Å². The molecule has 2 N–H and O–H groups in total. The van der Waals surface area contributed by atoms with Crippen LogP contribution in [0, 0.1) is 24.7 Å². The smallest absolute Gasteiger partial charge is 0.306 e. The summed E-state index contributed by atoms with van der Waals surface area (Å²) >= 11 is 0. The number of hydrogen-bond acceptors (Lipinski definition) is 4. The largest absolute Gasteiger partial charge is 0.496 e. The molecule has 2 aliphatic rings. The summed E-state index contributed by atoms with van der Waals surface area (Å²) in [5, 5.41) is 10.7. The Morgan fingerprint density at radius 2 is 2.00 bits per heavy atom. The van der Waals surface area contributed by atoms with Crippen LogP contribution in [-0.2, 0) is 16.1 Å². The van der Waals surface area contributed by atoms with E-state index in [-0.39, 0.29) is 5.92 Å². The number of hydrogen-bond donors (Lipinski definition) is 2. The summed E-state index contributed by atoms with van der Waals surface area (Å²) in [6, 6.07) is 4.76. The number of H-pyrrole nitrogens is 1. The second-order valence-corrected chi connectivity index (χ2v) is 9.47. The first-order valence-corrected chi connectivity index (χ1v) is 11.6. The van der Waals surface area contributed by atoms with Crippen LogP contribution in [0.5, 0.6) is 5.75 Å². The maximum atomic E-state index is 11.4. The first-order valence-electron chi connectivity index (χ1n) is 11.6. The highest BCUT2D eigenvalue weighted by Gasteiger charge is 2.37. The fraction of sp³-hybridized carbons (Fsp3) is 0.640. The topological polar surface area (TPSA) is 74.8 Å². The molecule has 4 rings (SSSR count). The highest BCUT2D eigenvalue weighted by molar-refractivity contribution is 5.88. The monoisotopic (exact) mass is 428 g/mol. The third-order valence-electron chi connectivity index (χ3n) is 7.63. The van der Waals surface area contributed by atoms with Gasteiger partial charge < -0.3 is 19.6 Å². The Balaban J connectivity index is 1.59. The number of nitrogens with one attached hydrogen (secondary N) is 1. The Bertz CT molecular complexity index is 900. The van der Waals surface area contributed by atoms with Crippen molar-refractivity contribution in [3.05, 3.63) is 29.5 Å². The molecule has 0 radical (unpaired) electrons. The average molecular weight is 429 g/mol. The fourth-order valence-electron chi connectivity index (χ4n) is 5.93. The minimum Gasteiger partial charge on any atom is -0.496 e. The quantitative estimate of drug-likeness (QED) is 0.674. The molecule has 1 saturated carbocycles. The summed E-state index contributed by atoms with van der Waals surface area (Å²) in [4.78, 5) is 17.5. The van der Waals surface area contributed by atoms with Gasteiger partial charge in [-0.15, -0.1) is 0 Å². The van der Waals surface area contributed by atoms with Crippen LogP contribution in [0.15, 0.2) is 18.3 Å². The second-order valence-electron chi connectivity index (χ2n) is 9.47. The van der Waals surface area contributed by atoms with Crippen molar-refractivity contribution in [2.45, 2.75) is 58.0 Å². The zero-order chi connectivity index (χ0) is 22.0. The van der Waals surface area contributed by atoms with Crippen molar-refractivity contribution in [3.63, 3.8) is 0 Å². The Hall–Kier alpha value is -2.05. The highest BCUT2D eigenvalue weighted by Crippen LogP contribution is 2.40. The second kappa shape index (κ2) is 9.61. The summed E-state index contributed by atoms with van der Waals surface area (Å²) < 4.78 is 11.3. The van der Waals surface area contributed by atoms with Gasteiger partial charge in [0.2, 0.25) is 0 Å². The number of benzene rings is 1. The molecule has 1 aromatic heterocycles. The normalized spacial score (nSPS) is 27.5. The molecule has 1 saturated heterocycles. The highest BCUT2D eigenvalue weighted by atomic mass is 16.5. The maximum absolute atomic E-state index is 11.4. The van der Waals surface area contributed by atoms with Crippen LogP contribution in [0.2, 0.25) is 0 Å². The van der Waals surface area contributed by atoms with E-state index in [2.05, 4.69) is 28.9 Å².